The van der Waals surface area contributed by atoms with E-state index in [0.29, 0.717) is 17.9 Å². The zero-order chi connectivity index (χ0) is 17.1. The molecule has 0 radical (unpaired) electrons. The predicted molar refractivity (Wildman–Crippen MR) is 83.7 cm³/mol. The van der Waals surface area contributed by atoms with Gasteiger partial charge in [0.2, 0.25) is 5.89 Å². The van der Waals surface area contributed by atoms with Crippen molar-refractivity contribution < 1.29 is 13.6 Å². The van der Waals surface area contributed by atoms with Crippen LogP contribution < -0.4 is 5.32 Å². The molecule has 0 unspecified atom stereocenters. The van der Waals surface area contributed by atoms with Crippen LogP contribution in [0, 0.1) is 12.7 Å². The monoisotopic (exact) mass is 329 g/mol. The molecular weight excluding hydrogens is 313 g/mol. The van der Waals surface area contributed by atoms with Gasteiger partial charge in [-0.25, -0.2) is 19.0 Å². The van der Waals surface area contributed by atoms with Crippen LogP contribution in [-0.2, 0) is 0 Å². The molecular formula is C16H16FN5O2. The van der Waals surface area contributed by atoms with Gasteiger partial charge in [-0.3, -0.25) is 4.79 Å². The van der Waals surface area contributed by atoms with Crippen molar-refractivity contribution in [3.05, 3.63) is 54.2 Å². The molecule has 0 bridgehead atoms. The number of oxazole rings is 1. The Kier molecular flexibility index (Phi) is 4.37. The Labute approximate surface area is 137 Å². The molecule has 3 rings (SSSR count). The Morgan fingerprint density at radius 1 is 1.38 bits per heavy atom. The Balaban J connectivity index is 1.70. The maximum absolute atomic E-state index is 13.0. The molecule has 8 heteroatoms. The van der Waals surface area contributed by atoms with E-state index in [1.54, 1.807) is 30.1 Å². The summed E-state index contributed by atoms with van der Waals surface area (Å²) in [5, 5.41) is 6.82. The van der Waals surface area contributed by atoms with Crippen LogP contribution >= 0.6 is 0 Å². The summed E-state index contributed by atoms with van der Waals surface area (Å²) < 4.78 is 20.2. The van der Waals surface area contributed by atoms with Gasteiger partial charge in [-0.1, -0.05) is 0 Å². The van der Waals surface area contributed by atoms with E-state index in [2.05, 4.69) is 20.4 Å². The number of hydrogen-bond acceptors (Lipinski definition) is 5. The van der Waals surface area contributed by atoms with Crippen molar-refractivity contribution >= 4 is 5.91 Å². The number of nitrogens with one attached hydrogen (secondary N) is 1. The molecule has 0 saturated heterocycles. The highest BCUT2D eigenvalue weighted by Gasteiger charge is 2.19. The Bertz CT molecular complexity index is 827. The maximum atomic E-state index is 13.0. The SMILES string of the molecule is Cc1oc(-c2ccc(F)cc2)nc1C(=O)NC[C@H](C)n1cncn1. The van der Waals surface area contributed by atoms with Gasteiger partial charge in [0.15, 0.2) is 5.69 Å². The smallest absolute Gasteiger partial charge is 0.273 e. The lowest BCUT2D eigenvalue weighted by atomic mass is 10.2. The van der Waals surface area contributed by atoms with E-state index in [1.165, 1.54) is 18.5 Å². The van der Waals surface area contributed by atoms with Gasteiger partial charge in [-0.15, -0.1) is 0 Å². The second-order valence-corrected chi connectivity index (χ2v) is 5.37. The molecule has 0 saturated carbocycles. The number of carbonyl (C=O) groups excluding carboxylic acids is 1. The first-order valence-electron chi connectivity index (χ1n) is 7.40. The summed E-state index contributed by atoms with van der Waals surface area (Å²) >= 11 is 0. The minimum atomic E-state index is -0.345. The zero-order valence-corrected chi connectivity index (χ0v) is 13.2. The summed E-state index contributed by atoms with van der Waals surface area (Å²) in [7, 11) is 0. The van der Waals surface area contributed by atoms with Crippen molar-refractivity contribution in [3.8, 4) is 11.5 Å². The third kappa shape index (κ3) is 3.32. The third-order valence-corrected chi connectivity index (χ3v) is 3.55. The molecule has 7 nitrogen and oxygen atoms in total. The molecule has 1 amide bonds. The molecule has 24 heavy (non-hydrogen) atoms. The molecule has 0 fully saturated rings. The molecule has 0 spiro atoms. The zero-order valence-electron chi connectivity index (χ0n) is 13.2. The topological polar surface area (TPSA) is 85.8 Å². The Morgan fingerprint density at radius 2 is 2.12 bits per heavy atom. The molecule has 2 aromatic heterocycles. The van der Waals surface area contributed by atoms with Crippen molar-refractivity contribution in [1.82, 2.24) is 25.1 Å². The van der Waals surface area contributed by atoms with E-state index in [0.717, 1.165) is 0 Å². The van der Waals surface area contributed by atoms with Crippen LogP contribution in [0.2, 0.25) is 0 Å². The number of aryl methyl sites for hydroxylation is 1. The quantitative estimate of drug-likeness (QED) is 0.776. The van der Waals surface area contributed by atoms with Gasteiger partial charge < -0.3 is 9.73 Å². The number of rotatable bonds is 5. The Hall–Kier alpha value is -3.03. The lowest BCUT2D eigenvalue weighted by molar-refractivity contribution is 0.0942. The van der Waals surface area contributed by atoms with Crippen LogP contribution in [0.1, 0.15) is 29.2 Å². The van der Waals surface area contributed by atoms with Crippen LogP contribution in [0.3, 0.4) is 0 Å². The number of aromatic nitrogens is 4. The van der Waals surface area contributed by atoms with Crippen LogP contribution in [0.4, 0.5) is 4.39 Å². The van der Waals surface area contributed by atoms with Crippen LogP contribution in [-0.4, -0.2) is 32.2 Å². The molecule has 1 N–H and O–H groups in total. The lowest BCUT2D eigenvalue weighted by Gasteiger charge is -2.11. The van der Waals surface area contributed by atoms with E-state index in [4.69, 9.17) is 4.42 Å². The first kappa shape index (κ1) is 15.9. The minimum absolute atomic E-state index is 0.0415. The normalized spacial score (nSPS) is 12.1. The Morgan fingerprint density at radius 3 is 2.79 bits per heavy atom. The molecule has 1 aromatic carbocycles. The van der Waals surface area contributed by atoms with Gasteiger partial charge in [0.05, 0.1) is 6.04 Å². The fourth-order valence-corrected chi connectivity index (χ4v) is 2.19. The van der Waals surface area contributed by atoms with Gasteiger partial charge in [-0.2, -0.15) is 5.10 Å². The van der Waals surface area contributed by atoms with Gasteiger partial charge in [-0.05, 0) is 38.1 Å². The molecule has 0 aliphatic rings. The largest absolute Gasteiger partial charge is 0.441 e. The average molecular weight is 329 g/mol. The van der Waals surface area contributed by atoms with E-state index in [1.807, 2.05) is 6.92 Å². The van der Waals surface area contributed by atoms with E-state index < -0.39 is 0 Å². The third-order valence-electron chi connectivity index (χ3n) is 3.55. The predicted octanol–water partition coefficient (Wildman–Crippen LogP) is 2.37. The van der Waals surface area contributed by atoms with Crippen molar-refractivity contribution in [1.29, 1.82) is 0 Å². The number of hydrogen-bond donors (Lipinski definition) is 1. The van der Waals surface area contributed by atoms with Crippen molar-refractivity contribution in [2.75, 3.05) is 6.54 Å². The van der Waals surface area contributed by atoms with Gasteiger partial charge in [0.1, 0.15) is 24.2 Å². The van der Waals surface area contributed by atoms with E-state index in [-0.39, 0.29) is 29.4 Å². The number of amides is 1. The highest BCUT2D eigenvalue weighted by molar-refractivity contribution is 5.93. The minimum Gasteiger partial charge on any atom is -0.441 e. The van der Waals surface area contributed by atoms with Crippen LogP contribution in [0.25, 0.3) is 11.5 Å². The van der Waals surface area contributed by atoms with Crippen molar-refractivity contribution in [3.63, 3.8) is 0 Å². The maximum Gasteiger partial charge on any atom is 0.273 e. The molecule has 2 heterocycles. The number of nitrogens with zero attached hydrogens (tertiary/aromatic N) is 4. The van der Waals surface area contributed by atoms with Gasteiger partial charge in [0, 0.05) is 12.1 Å². The molecule has 1 atom stereocenters. The fraction of sp³-hybridized carbons (Fsp3) is 0.250. The number of benzene rings is 1. The first-order chi connectivity index (χ1) is 11.5. The summed E-state index contributed by atoms with van der Waals surface area (Å²) in [6, 6.07) is 5.69. The summed E-state index contributed by atoms with van der Waals surface area (Å²) in [6.07, 6.45) is 3.03. The van der Waals surface area contributed by atoms with Gasteiger partial charge >= 0.3 is 0 Å². The fourth-order valence-electron chi connectivity index (χ4n) is 2.19. The summed E-state index contributed by atoms with van der Waals surface area (Å²) in [4.78, 5) is 20.4. The summed E-state index contributed by atoms with van der Waals surface area (Å²) in [5.41, 5.74) is 0.814. The van der Waals surface area contributed by atoms with Crippen LogP contribution in [0.15, 0.2) is 41.3 Å². The second kappa shape index (κ2) is 6.61. The lowest BCUT2D eigenvalue weighted by Crippen LogP contribution is -2.30. The highest BCUT2D eigenvalue weighted by atomic mass is 19.1. The molecule has 0 aliphatic heterocycles. The van der Waals surface area contributed by atoms with Crippen molar-refractivity contribution in [2.24, 2.45) is 0 Å². The second-order valence-electron chi connectivity index (χ2n) is 5.37. The van der Waals surface area contributed by atoms with Crippen LogP contribution in [0.5, 0.6) is 0 Å². The molecule has 3 aromatic rings. The van der Waals surface area contributed by atoms with Crippen molar-refractivity contribution in [2.45, 2.75) is 19.9 Å². The van der Waals surface area contributed by atoms with E-state index in [9.17, 15) is 9.18 Å². The van der Waals surface area contributed by atoms with Gasteiger partial charge in [0.25, 0.3) is 5.91 Å². The molecule has 124 valence electrons. The first-order valence-corrected chi connectivity index (χ1v) is 7.40. The average Bonchev–Trinajstić information content (AvgIpc) is 3.23. The number of carbonyl (C=O) groups is 1. The summed E-state index contributed by atoms with van der Waals surface area (Å²) in [5.74, 6) is 0.000814. The summed E-state index contributed by atoms with van der Waals surface area (Å²) in [6.45, 7) is 3.95. The standard InChI is InChI=1S/C16H16FN5O2/c1-10(22-9-18-8-20-22)7-19-15(23)14-11(2)24-16(21-14)12-3-5-13(17)6-4-12/h3-6,8-10H,7H2,1-2H3,(H,19,23)/t10-/m0/s1. The van der Waals surface area contributed by atoms with E-state index >= 15 is 0 Å². The highest BCUT2D eigenvalue weighted by Crippen LogP contribution is 2.22. The number of halogens is 1. The molecule has 0 aliphatic carbocycles.